The largest absolute Gasteiger partial charge is 0.491 e. The van der Waals surface area contributed by atoms with E-state index in [1.807, 2.05) is 0 Å². The minimum Gasteiger partial charge on any atom is -0.491 e. The molecule has 1 aromatic rings. The summed E-state index contributed by atoms with van der Waals surface area (Å²) in [6.07, 6.45) is 9.16. The molecule has 0 spiro atoms. The van der Waals surface area contributed by atoms with E-state index in [0.29, 0.717) is 66.1 Å². The summed E-state index contributed by atoms with van der Waals surface area (Å²) in [6, 6.07) is 8.47. The highest BCUT2D eigenvalue weighted by atomic mass is 28.4. The fourth-order valence-electron chi connectivity index (χ4n) is 3.41. The molecule has 0 amide bonds. The van der Waals surface area contributed by atoms with Gasteiger partial charge in [0.25, 0.3) is 0 Å². The summed E-state index contributed by atoms with van der Waals surface area (Å²) in [4.78, 5) is 0. The second-order valence-electron chi connectivity index (χ2n) is 11.1. The SMILES string of the molecule is CCCCCCCCc1ccc(OCCOCCOCCOCCOCCO[Si](C)(C)C(C)(C)C)cc1. The van der Waals surface area contributed by atoms with Gasteiger partial charge in [-0.2, -0.15) is 0 Å². The smallest absolute Gasteiger partial charge is 0.192 e. The molecule has 0 aliphatic carbocycles. The van der Waals surface area contributed by atoms with E-state index in [1.165, 1.54) is 44.1 Å². The Hall–Kier alpha value is -0.963. The Labute approximate surface area is 228 Å². The number of unbranched alkanes of at least 4 members (excludes halogenated alkanes) is 5. The van der Waals surface area contributed by atoms with Crippen molar-refractivity contribution in [2.24, 2.45) is 0 Å². The van der Waals surface area contributed by atoms with Crippen molar-refractivity contribution in [3.63, 3.8) is 0 Å². The number of rotatable bonds is 24. The van der Waals surface area contributed by atoms with E-state index >= 15 is 0 Å². The van der Waals surface area contributed by atoms with E-state index in [2.05, 4.69) is 65.1 Å². The molecular weight excluding hydrogens is 484 g/mol. The summed E-state index contributed by atoms with van der Waals surface area (Å²) in [5.74, 6) is 0.899. The standard InChI is InChI=1S/C30H56O6Si/c1-7-8-9-10-11-12-13-28-14-16-29(17-15-28)35-26-24-33-22-20-31-18-19-32-21-23-34-25-27-36-37(5,6)30(2,3)4/h14-17H,7-13,18-27H2,1-6H3. The van der Waals surface area contributed by atoms with Gasteiger partial charge >= 0.3 is 0 Å². The van der Waals surface area contributed by atoms with Gasteiger partial charge in [0.1, 0.15) is 12.4 Å². The second-order valence-corrected chi connectivity index (χ2v) is 15.9. The molecule has 7 heteroatoms. The number of aryl methyl sites for hydroxylation is 1. The van der Waals surface area contributed by atoms with Gasteiger partial charge in [0, 0.05) is 0 Å². The highest BCUT2D eigenvalue weighted by molar-refractivity contribution is 6.74. The molecule has 0 atom stereocenters. The molecule has 1 rings (SSSR count). The van der Waals surface area contributed by atoms with Crippen molar-refractivity contribution >= 4 is 8.32 Å². The lowest BCUT2D eigenvalue weighted by molar-refractivity contribution is -0.00737. The van der Waals surface area contributed by atoms with Gasteiger partial charge < -0.3 is 28.1 Å². The van der Waals surface area contributed by atoms with E-state index < -0.39 is 8.32 Å². The third-order valence-corrected chi connectivity index (χ3v) is 11.4. The lowest BCUT2D eigenvalue weighted by atomic mass is 10.0. The number of hydrogen-bond acceptors (Lipinski definition) is 6. The van der Waals surface area contributed by atoms with Crippen LogP contribution in [0.25, 0.3) is 0 Å². The zero-order chi connectivity index (χ0) is 27.2. The Balaban J connectivity index is 1.85. The van der Waals surface area contributed by atoms with E-state index in [0.717, 1.165) is 12.2 Å². The van der Waals surface area contributed by atoms with Crippen molar-refractivity contribution in [1.82, 2.24) is 0 Å². The summed E-state index contributed by atoms with van der Waals surface area (Å²) in [6.45, 7) is 19.2. The molecule has 0 saturated heterocycles. The van der Waals surface area contributed by atoms with Crippen molar-refractivity contribution in [2.45, 2.75) is 90.8 Å². The highest BCUT2D eigenvalue weighted by Crippen LogP contribution is 2.36. The summed E-state index contributed by atoms with van der Waals surface area (Å²) in [5.41, 5.74) is 1.39. The van der Waals surface area contributed by atoms with Gasteiger partial charge in [-0.3, -0.25) is 0 Å². The van der Waals surface area contributed by atoms with Crippen LogP contribution in [0.15, 0.2) is 24.3 Å². The molecule has 0 bridgehead atoms. The molecule has 0 fully saturated rings. The first-order valence-electron chi connectivity index (χ1n) is 14.4. The maximum Gasteiger partial charge on any atom is 0.192 e. The molecule has 216 valence electrons. The quantitative estimate of drug-likeness (QED) is 0.103. The Morgan fingerprint density at radius 1 is 0.595 bits per heavy atom. The van der Waals surface area contributed by atoms with Crippen LogP contribution in [0.5, 0.6) is 5.75 Å². The fourth-order valence-corrected chi connectivity index (χ4v) is 4.44. The van der Waals surface area contributed by atoms with Gasteiger partial charge in [-0.15, -0.1) is 0 Å². The van der Waals surface area contributed by atoms with E-state index in [9.17, 15) is 0 Å². The van der Waals surface area contributed by atoms with Crippen LogP contribution < -0.4 is 4.74 Å². The molecule has 0 heterocycles. The molecule has 0 N–H and O–H groups in total. The Morgan fingerprint density at radius 2 is 1.05 bits per heavy atom. The molecule has 0 unspecified atom stereocenters. The van der Waals surface area contributed by atoms with E-state index in [1.54, 1.807) is 0 Å². The Bertz CT molecular complexity index is 644. The predicted octanol–water partition coefficient (Wildman–Crippen LogP) is 7.06. The van der Waals surface area contributed by atoms with Gasteiger partial charge in [-0.05, 0) is 48.7 Å². The van der Waals surface area contributed by atoms with Gasteiger partial charge in [0.15, 0.2) is 8.32 Å². The molecule has 0 aliphatic rings. The second kappa shape index (κ2) is 20.9. The minimum atomic E-state index is -1.68. The fraction of sp³-hybridized carbons (Fsp3) is 0.800. The molecule has 0 radical (unpaired) electrons. The number of ether oxygens (including phenoxy) is 5. The van der Waals surface area contributed by atoms with Crippen LogP contribution in [0.4, 0.5) is 0 Å². The van der Waals surface area contributed by atoms with Crippen molar-refractivity contribution in [1.29, 1.82) is 0 Å². The first kappa shape index (κ1) is 34.1. The molecule has 1 aromatic carbocycles. The third kappa shape index (κ3) is 18.0. The van der Waals surface area contributed by atoms with Crippen LogP contribution >= 0.6 is 0 Å². The Morgan fingerprint density at radius 3 is 1.57 bits per heavy atom. The van der Waals surface area contributed by atoms with Crippen molar-refractivity contribution in [2.75, 3.05) is 66.1 Å². The molecule has 0 saturated carbocycles. The summed E-state index contributed by atoms with van der Waals surface area (Å²) >= 11 is 0. The average Bonchev–Trinajstić information content (AvgIpc) is 2.86. The first-order chi connectivity index (χ1) is 17.8. The van der Waals surface area contributed by atoms with E-state index in [-0.39, 0.29) is 5.04 Å². The van der Waals surface area contributed by atoms with E-state index in [4.69, 9.17) is 28.1 Å². The average molecular weight is 541 g/mol. The molecule has 0 aromatic heterocycles. The van der Waals surface area contributed by atoms with Crippen molar-refractivity contribution < 1.29 is 28.1 Å². The molecule has 6 nitrogen and oxygen atoms in total. The van der Waals surface area contributed by atoms with Crippen LogP contribution in [-0.4, -0.2) is 74.4 Å². The molecular formula is C30H56O6Si. The molecule has 37 heavy (non-hydrogen) atoms. The van der Waals surface area contributed by atoms with Crippen LogP contribution in [-0.2, 0) is 29.8 Å². The van der Waals surface area contributed by atoms with Crippen LogP contribution in [0.3, 0.4) is 0 Å². The summed E-state index contributed by atoms with van der Waals surface area (Å²) in [5, 5.41) is 0.230. The monoisotopic (exact) mass is 540 g/mol. The maximum absolute atomic E-state index is 6.08. The Kier molecular flexibility index (Phi) is 19.3. The lowest BCUT2D eigenvalue weighted by Gasteiger charge is -2.36. The third-order valence-electron chi connectivity index (χ3n) is 6.85. The van der Waals surface area contributed by atoms with Crippen LogP contribution in [0.1, 0.15) is 71.8 Å². The van der Waals surface area contributed by atoms with Gasteiger partial charge in [0.2, 0.25) is 0 Å². The normalized spacial score (nSPS) is 12.3. The number of benzene rings is 1. The topological polar surface area (TPSA) is 55.4 Å². The zero-order valence-electron chi connectivity index (χ0n) is 24.8. The first-order valence-corrected chi connectivity index (χ1v) is 17.3. The molecule has 0 aliphatic heterocycles. The number of hydrogen-bond donors (Lipinski definition) is 0. The summed E-state index contributed by atoms with van der Waals surface area (Å²) in [7, 11) is -1.68. The maximum atomic E-state index is 6.08. The van der Waals surface area contributed by atoms with Crippen LogP contribution in [0, 0.1) is 0 Å². The zero-order valence-corrected chi connectivity index (χ0v) is 25.8. The minimum absolute atomic E-state index is 0.230. The van der Waals surface area contributed by atoms with Crippen LogP contribution in [0.2, 0.25) is 18.1 Å². The van der Waals surface area contributed by atoms with Gasteiger partial charge in [0.05, 0.1) is 59.5 Å². The predicted molar refractivity (Wildman–Crippen MR) is 155 cm³/mol. The van der Waals surface area contributed by atoms with Gasteiger partial charge in [-0.25, -0.2) is 0 Å². The highest BCUT2D eigenvalue weighted by Gasteiger charge is 2.36. The summed E-state index contributed by atoms with van der Waals surface area (Å²) < 4.78 is 34.1. The van der Waals surface area contributed by atoms with Gasteiger partial charge in [-0.1, -0.05) is 71.9 Å². The van der Waals surface area contributed by atoms with Crippen molar-refractivity contribution in [3.05, 3.63) is 29.8 Å². The van der Waals surface area contributed by atoms with Crippen molar-refractivity contribution in [3.8, 4) is 5.75 Å². The lowest BCUT2D eigenvalue weighted by Crippen LogP contribution is -2.41.